The van der Waals surface area contributed by atoms with Gasteiger partial charge in [0, 0.05) is 24.3 Å². The van der Waals surface area contributed by atoms with Crippen LogP contribution in [0.2, 0.25) is 0 Å². The summed E-state index contributed by atoms with van der Waals surface area (Å²) in [5.41, 5.74) is 5.32. The van der Waals surface area contributed by atoms with Gasteiger partial charge in [-0.2, -0.15) is 5.10 Å². The fourth-order valence-electron chi connectivity index (χ4n) is 3.73. The molecule has 3 rings (SSSR count). The van der Waals surface area contributed by atoms with E-state index in [1.54, 1.807) is 6.21 Å². The number of fused-ring (bicyclic) bond motifs is 1. The molecule has 1 aliphatic heterocycles. The lowest BCUT2D eigenvalue weighted by molar-refractivity contribution is -0.393. The van der Waals surface area contributed by atoms with E-state index in [-0.39, 0.29) is 16.9 Å². The summed E-state index contributed by atoms with van der Waals surface area (Å²) >= 11 is 0. The number of nitro benzene ring substituents is 2. The van der Waals surface area contributed by atoms with Gasteiger partial charge in [0.25, 0.3) is 5.69 Å². The quantitative estimate of drug-likeness (QED) is 0.445. The zero-order valence-corrected chi connectivity index (χ0v) is 16.7. The average molecular weight is 397 g/mol. The summed E-state index contributed by atoms with van der Waals surface area (Å²) in [7, 11) is 2.09. The zero-order chi connectivity index (χ0) is 21.3. The number of non-ortho nitro benzene ring substituents is 1. The van der Waals surface area contributed by atoms with Gasteiger partial charge in [0.2, 0.25) is 0 Å². The van der Waals surface area contributed by atoms with E-state index in [2.05, 4.69) is 55.4 Å². The molecule has 0 bridgehead atoms. The summed E-state index contributed by atoms with van der Waals surface area (Å²) in [5.74, 6) is 0.397. The molecule has 1 aliphatic rings. The fraction of sp³-hybridized carbons (Fsp3) is 0.350. The molecule has 1 unspecified atom stereocenters. The third-order valence-corrected chi connectivity index (χ3v) is 5.45. The Balaban J connectivity index is 1.83. The second-order valence-corrected chi connectivity index (χ2v) is 7.88. The van der Waals surface area contributed by atoms with Crippen molar-refractivity contribution in [3.8, 4) is 0 Å². The van der Waals surface area contributed by atoms with E-state index in [1.165, 1.54) is 23.4 Å². The van der Waals surface area contributed by atoms with E-state index < -0.39 is 15.5 Å². The molecular weight excluding hydrogens is 374 g/mol. The van der Waals surface area contributed by atoms with Crippen LogP contribution >= 0.6 is 0 Å². The van der Waals surface area contributed by atoms with Crippen molar-refractivity contribution in [3.63, 3.8) is 0 Å². The lowest BCUT2D eigenvalue weighted by atomic mass is 9.80. The maximum absolute atomic E-state index is 11.2. The number of hydrazone groups is 1. The molecule has 1 N–H and O–H groups in total. The van der Waals surface area contributed by atoms with Crippen LogP contribution in [0.25, 0.3) is 0 Å². The van der Waals surface area contributed by atoms with Gasteiger partial charge in [0.15, 0.2) is 0 Å². The van der Waals surface area contributed by atoms with E-state index in [4.69, 9.17) is 0 Å². The minimum atomic E-state index is -0.678. The third-order valence-electron chi connectivity index (χ3n) is 5.45. The fourth-order valence-corrected chi connectivity index (χ4v) is 3.73. The van der Waals surface area contributed by atoms with E-state index in [0.29, 0.717) is 5.92 Å². The molecule has 0 amide bonds. The summed E-state index contributed by atoms with van der Waals surface area (Å²) < 4.78 is 0. The summed E-state index contributed by atoms with van der Waals surface area (Å²) in [6, 6.07) is 9.46. The van der Waals surface area contributed by atoms with Crippen LogP contribution < -0.4 is 10.3 Å². The van der Waals surface area contributed by atoms with Gasteiger partial charge < -0.3 is 4.90 Å². The summed E-state index contributed by atoms with van der Waals surface area (Å²) in [6.45, 7) is 6.65. The Bertz CT molecular complexity index is 1000. The number of benzene rings is 2. The Kier molecular flexibility index (Phi) is 5.23. The molecule has 0 spiro atoms. The Morgan fingerprint density at radius 3 is 2.55 bits per heavy atom. The molecule has 0 aliphatic carbocycles. The van der Waals surface area contributed by atoms with Crippen molar-refractivity contribution in [1.29, 1.82) is 0 Å². The van der Waals surface area contributed by atoms with Gasteiger partial charge in [-0.05, 0) is 55.5 Å². The summed E-state index contributed by atoms with van der Waals surface area (Å²) in [5, 5.41) is 26.1. The molecule has 0 fully saturated rings. The van der Waals surface area contributed by atoms with Crippen LogP contribution in [0.4, 0.5) is 22.7 Å². The Morgan fingerprint density at radius 2 is 1.90 bits per heavy atom. The molecule has 9 nitrogen and oxygen atoms in total. The van der Waals surface area contributed by atoms with Crippen LogP contribution in [0.1, 0.15) is 44.2 Å². The molecule has 0 aromatic heterocycles. The first-order chi connectivity index (χ1) is 13.6. The van der Waals surface area contributed by atoms with Crippen LogP contribution in [-0.4, -0.2) is 28.6 Å². The standard InChI is InChI=1S/C20H23N5O4/c1-13-11-20(2,3)23(4)18-8-5-14(9-16(13)18)12-21-22-17-7-6-15(24(26)27)10-19(17)25(28)29/h5-10,12-13,22H,11H2,1-4H3/b21-12-. The van der Waals surface area contributed by atoms with Gasteiger partial charge >= 0.3 is 5.69 Å². The molecule has 2 aromatic rings. The largest absolute Gasteiger partial charge is 0.369 e. The molecule has 0 saturated carbocycles. The number of hydrogen-bond donors (Lipinski definition) is 1. The Labute approximate surface area is 168 Å². The first-order valence-electron chi connectivity index (χ1n) is 9.20. The van der Waals surface area contributed by atoms with Crippen molar-refractivity contribution >= 4 is 29.0 Å². The van der Waals surface area contributed by atoms with Gasteiger partial charge in [-0.3, -0.25) is 25.7 Å². The van der Waals surface area contributed by atoms with Crippen molar-refractivity contribution in [1.82, 2.24) is 0 Å². The zero-order valence-electron chi connectivity index (χ0n) is 16.7. The van der Waals surface area contributed by atoms with Crippen molar-refractivity contribution in [2.45, 2.75) is 38.6 Å². The first kappa shape index (κ1) is 20.2. The molecule has 1 heterocycles. The monoisotopic (exact) mass is 397 g/mol. The minimum absolute atomic E-state index is 0.0818. The van der Waals surface area contributed by atoms with E-state index in [1.807, 2.05) is 6.07 Å². The lowest BCUT2D eigenvalue weighted by Gasteiger charge is -2.45. The number of nitro groups is 2. The van der Waals surface area contributed by atoms with Crippen LogP contribution in [-0.2, 0) is 0 Å². The van der Waals surface area contributed by atoms with E-state index >= 15 is 0 Å². The van der Waals surface area contributed by atoms with Crippen LogP contribution in [0.3, 0.4) is 0 Å². The maximum Gasteiger partial charge on any atom is 0.301 e. The van der Waals surface area contributed by atoms with Crippen molar-refractivity contribution in [2.75, 3.05) is 17.4 Å². The molecule has 0 saturated heterocycles. The minimum Gasteiger partial charge on any atom is -0.369 e. The molecular formula is C20H23N5O4. The van der Waals surface area contributed by atoms with Crippen LogP contribution in [0, 0.1) is 20.2 Å². The summed E-state index contributed by atoms with van der Waals surface area (Å²) in [6.07, 6.45) is 2.61. The van der Waals surface area contributed by atoms with Crippen molar-refractivity contribution in [2.24, 2.45) is 5.10 Å². The number of nitrogens with zero attached hydrogens (tertiary/aromatic N) is 4. The normalized spacial score (nSPS) is 17.8. The molecule has 0 radical (unpaired) electrons. The molecule has 152 valence electrons. The highest BCUT2D eigenvalue weighted by atomic mass is 16.6. The molecule has 29 heavy (non-hydrogen) atoms. The number of anilines is 2. The molecule has 2 aromatic carbocycles. The highest BCUT2D eigenvalue weighted by Crippen LogP contribution is 2.42. The lowest BCUT2D eigenvalue weighted by Crippen LogP contribution is -2.45. The van der Waals surface area contributed by atoms with Crippen molar-refractivity contribution < 1.29 is 9.85 Å². The van der Waals surface area contributed by atoms with Gasteiger partial charge in [-0.15, -0.1) is 0 Å². The first-order valence-corrected chi connectivity index (χ1v) is 9.20. The van der Waals surface area contributed by atoms with Gasteiger partial charge in [-0.1, -0.05) is 13.0 Å². The highest BCUT2D eigenvalue weighted by Gasteiger charge is 2.33. The van der Waals surface area contributed by atoms with Gasteiger partial charge in [0.05, 0.1) is 22.1 Å². The van der Waals surface area contributed by atoms with Crippen LogP contribution in [0.15, 0.2) is 41.5 Å². The maximum atomic E-state index is 11.2. The Morgan fingerprint density at radius 1 is 1.17 bits per heavy atom. The SMILES string of the molecule is CC1CC(C)(C)N(C)c2ccc(/C=N\Nc3ccc([N+](=O)[O-])cc3[N+](=O)[O-])cc21. The highest BCUT2D eigenvalue weighted by molar-refractivity contribution is 5.82. The predicted octanol–water partition coefficient (Wildman–Crippen LogP) is 4.67. The topological polar surface area (TPSA) is 114 Å². The Hall–Kier alpha value is -3.49. The second-order valence-electron chi connectivity index (χ2n) is 7.88. The third kappa shape index (κ3) is 4.03. The smallest absolute Gasteiger partial charge is 0.301 e. The van der Waals surface area contributed by atoms with E-state index in [0.717, 1.165) is 18.1 Å². The van der Waals surface area contributed by atoms with E-state index in [9.17, 15) is 20.2 Å². The number of nitrogens with one attached hydrogen (secondary N) is 1. The van der Waals surface area contributed by atoms with Gasteiger partial charge in [-0.25, -0.2) is 0 Å². The van der Waals surface area contributed by atoms with Crippen LogP contribution in [0.5, 0.6) is 0 Å². The van der Waals surface area contributed by atoms with Gasteiger partial charge in [0.1, 0.15) is 5.69 Å². The average Bonchev–Trinajstić information content (AvgIpc) is 2.66. The number of rotatable bonds is 5. The molecule has 9 heteroatoms. The van der Waals surface area contributed by atoms with Crippen molar-refractivity contribution in [3.05, 3.63) is 67.8 Å². The second kappa shape index (κ2) is 7.50. The predicted molar refractivity (Wildman–Crippen MR) is 113 cm³/mol. The summed E-state index contributed by atoms with van der Waals surface area (Å²) in [4.78, 5) is 22.9. The number of hydrogen-bond acceptors (Lipinski definition) is 7. The molecule has 1 atom stereocenters.